The minimum atomic E-state index is -0.401. The fourth-order valence-electron chi connectivity index (χ4n) is 1.99. The van der Waals surface area contributed by atoms with Gasteiger partial charge in [0.25, 0.3) is 0 Å². The molecule has 3 heteroatoms. The van der Waals surface area contributed by atoms with E-state index in [0.29, 0.717) is 12.0 Å². The predicted molar refractivity (Wildman–Crippen MR) is 60.8 cm³/mol. The maximum atomic E-state index is 11.5. The van der Waals surface area contributed by atoms with Gasteiger partial charge < -0.3 is 10.1 Å². The summed E-state index contributed by atoms with van der Waals surface area (Å²) in [6, 6.07) is 0.300. The van der Waals surface area contributed by atoms with E-state index in [4.69, 9.17) is 4.74 Å². The number of amides is 1. The van der Waals surface area contributed by atoms with Crippen LogP contribution in [0, 0.1) is 5.92 Å². The third-order valence-electron chi connectivity index (χ3n) is 2.81. The summed E-state index contributed by atoms with van der Waals surface area (Å²) >= 11 is 0. The van der Waals surface area contributed by atoms with Crippen LogP contribution in [0.5, 0.6) is 0 Å². The van der Waals surface area contributed by atoms with Crippen molar-refractivity contribution >= 4 is 6.09 Å². The first-order valence-corrected chi connectivity index (χ1v) is 5.88. The molecule has 15 heavy (non-hydrogen) atoms. The fourth-order valence-corrected chi connectivity index (χ4v) is 1.99. The van der Waals surface area contributed by atoms with Crippen LogP contribution in [0.3, 0.4) is 0 Å². The van der Waals surface area contributed by atoms with Crippen molar-refractivity contribution in [2.45, 2.75) is 65.0 Å². The molecule has 1 fully saturated rings. The van der Waals surface area contributed by atoms with Gasteiger partial charge in [-0.2, -0.15) is 0 Å². The number of carbonyl (C=O) groups excluding carboxylic acids is 1. The largest absolute Gasteiger partial charge is 0.444 e. The molecule has 0 spiro atoms. The van der Waals surface area contributed by atoms with Gasteiger partial charge in [-0.15, -0.1) is 0 Å². The lowest BCUT2D eigenvalue weighted by atomic mass is 9.86. The normalized spacial score (nSPS) is 27.2. The van der Waals surface area contributed by atoms with E-state index in [1.165, 1.54) is 19.3 Å². The molecule has 0 heterocycles. The topological polar surface area (TPSA) is 38.3 Å². The third-order valence-corrected chi connectivity index (χ3v) is 2.81. The van der Waals surface area contributed by atoms with E-state index < -0.39 is 5.60 Å². The minimum Gasteiger partial charge on any atom is -0.444 e. The molecule has 88 valence electrons. The zero-order chi connectivity index (χ0) is 11.5. The number of alkyl carbamates (subject to hydrolysis) is 1. The summed E-state index contributed by atoms with van der Waals surface area (Å²) in [5, 5.41) is 2.96. The molecule has 0 bridgehead atoms. The summed E-state index contributed by atoms with van der Waals surface area (Å²) < 4.78 is 5.24. The second-order valence-corrected chi connectivity index (χ2v) is 5.51. The highest BCUT2D eigenvalue weighted by Gasteiger charge is 2.25. The predicted octanol–water partition coefficient (Wildman–Crippen LogP) is 3.09. The van der Waals surface area contributed by atoms with Gasteiger partial charge in [-0.25, -0.2) is 4.79 Å². The molecule has 1 aliphatic rings. The lowest BCUT2D eigenvalue weighted by Crippen LogP contribution is -2.43. The van der Waals surface area contributed by atoms with Gasteiger partial charge in [0.05, 0.1) is 0 Å². The smallest absolute Gasteiger partial charge is 0.407 e. The first kappa shape index (κ1) is 12.3. The summed E-state index contributed by atoms with van der Waals surface area (Å²) in [5.41, 5.74) is -0.401. The number of carbonyl (C=O) groups is 1. The van der Waals surface area contributed by atoms with Crippen LogP contribution < -0.4 is 5.32 Å². The maximum absolute atomic E-state index is 11.5. The fraction of sp³-hybridized carbons (Fsp3) is 0.917. The van der Waals surface area contributed by atoms with Gasteiger partial charge >= 0.3 is 6.09 Å². The first-order chi connectivity index (χ1) is 6.88. The highest BCUT2D eigenvalue weighted by atomic mass is 16.6. The lowest BCUT2D eigenvalue weighted by Gasteiger charge is -2.30. The van der Waals surface area contributed by atoms with Crippen LogP contribution >= 0.6 is 0 Å². The van der Waals surface area contributed by atoms with Crippen LogP contribution in [0.4, 0.5) is 4.79 Å². The van der Waals surface area contributed by atoms with Crippen molar-refractivity contribution in [3.8, 4) is 0 Å². The minimum absolute atomic E-state index is 0.277. The Balaban J connectivity index is 2.36. The van der Waals surface area contributed by atoms with Crippen molar-refractivity contribution in [2.24, 2.45) is 5.92 Å². The molecule has 1 rings (SSSR count). The molecule has 0 radical (unpaired) electrons. The zero-order valence-corrected chi connectivity index (χ0v) is 10.3. The van der Waals surface area contributed by atoms with Crippen LogP contribution in [0.1, 0.15) is 53.4 Å². The van der Waals surface area contributed by atoms with E-state index >= 15 is 0 Å². The molecule has 3 nitrogen and oxygen atoms in total. The summed E-state index contributed by atoms with van der Waals surface area (Å²) in [4.78, 5) is 11.5. The summed E-state index contributed by atoms with van der Waals surface area (Å²) in [6.45, 7) is 7.85. The first-order valence-electron chi connectivity index (χ1n) is 5.88. The van der Waals surface area contributed by atoms with Crippen molar-refractivity contribution in [1.29, 1.82) is 0 Å². The highest BCUT2D eigenvalue weighted by molar-refractivity contribution is 5.68. The quantitative estimate of drug-likeness (QED) is 0.727. The van der Waals surface area contributed by atoms with Crippen molar-refractivity contribution in [1.82, 2.24) is 5.32 Å². The Bertz CT molecular complexity index is 220. The van der Waals surface area contributed by atoms with Gasteiger partial charge in [-0.3, -0.25) is 0 Å². The molecule has 0 aromatic heterocycles. The van der Waals surface area contributed by atoms with Gasteiger partial charge in [-0.1, -0.05) is 19.8 Å². The third kappa shape index (κ3) is 4.54. The number of nitrogens with one attached hydrogen (secondary N) is 1. The molecular weight excluding hydrogens is 190 g/mol. The molecular formula is C12H23NO2. The van der Waals surface area contributed by atoms with E-state index in [2.05, 4.69) is 12.2 Å². The molecule has 0 unspecified atom stereocenters. The number of rotatable bonds is 1. The molecule has 1 amide bonds. The van der Waals surface area contributed by atoms with Crippen LogP contribution in [-0.2, 0) is 4.74 Å². The Morgan fingerprint density at radius 3 is 2.40 bits per heavy atom. The van der Waals surface area contributed by atoms with Crippen molar-refractivity contribution in [3.63, 3.8) is 0 Å². The van der Waals surface area contributed by atoms with E-state index in [1.807, 2.05) is 20.8 Å². The van der Waals surface area contributed by atoms with Crippen LogP contribution in [0.15, 0.2) is 0 Å². The summed E-state index contributed by atoms with van der Waals surface area (Å²) in [6.07, 6.45) is 4.51. The molecule has 1 aliphatic carbocycles. The number of hydrogen-bond donors (Lipinski definition) is 1. The van der Waals surface area contributed by atoms with Gasteiger partial charge in [-0.05, 0) is 39.5 Å². The standard InChI is InChI=1S/C12H23NO2/c1-9-7-5-6-8-10(9)13-11(14)15-12(2,3)4/h9-10H,5-8H2,1-4H3,(H,13,14)/t9-,10+/m1/s1. The molecule has 1 saturated carbocycles. The Morgan fingerprint density at radius 2 is 1.87 bits per heavy atom. The van der Waals surface area contributed by atoms with Gasteiger partial charge in [0.15, 0.2) is 0 Å². The Labute approximate surface area is 92.6 Å². The molecule has 0 aromatic carbocycles. The van der Waals surface area contributed by atoms with Crippen LogP contribution in [0.2, 0.25) is 0 Å². The Morgan fingerprint density at radius 1 is 1.27 bits per heavy atom. The van der Waals surface area contributed by atoms with Crippen molar-refractivity contribution in [2.75, 3.05) is 0 Å². The molecule has 0 saturated heterocycles. The Kier molecular flexibility index (Phi) is 4.00. The molecule has 0 aromatic rings. The zero-order valence-electron chi connectivity index (χ0n) is 10.3. The SMILES string of the molecule is C[C@@H]1CCCC[C@@H]1NC(=O)OC(C)(C)C. The number of hydrogen-bond acceptors (Lipinski definition) is 2. The van der Waals surface area contributed by atoms with E-state index in [9.17, 15) is 4.79 Å². The number of ether oxygens (including phenoxy) is 1. The molecule has 2 atom stereocenters. The van der Waals surface area contributed by atoms with Crippen LogP contribution in [-0.4, -0.2) is 17.7 Å². The second kappa shape index (κ2) is 4.86. The monoisotopic (exact) mass is 213 g/mol. The second-order valence-electron chi connectivity index (χ2n) is 5.51. The van der Waals surface area contributed by atoms with Gasteiger partial charge in [0, 0.05) is 6.04 Å². The average molecular weight is 213 g/mol. The summed E-state index contributed by atoms with van der Waals surface area (Å²) in [7, 11) is 0. The highest BCUT2D eigenvalue weighted by Crippen LogP contribution is 2.23. The molecule has 1 N–H and O–H groups in total. The van der Waals surface area contributed by atoms with E-state index in [-0.39, 0.29) is 6.09 Å². The Hall–Kier alpha value is -0.730. The van der Waals surface area contributed by atoms with E-state index in [0.717, 1.165) is 6.42 Å². The van der Waals surface area contributed by atoms with Gasteiger partial charge in [0.1, 0.15) is 5.60 Å². The average Bonchev–Trinajstić information content (AvgIpc) is 2.05. The lowest BCUT2D eigenvalue weighted by molar-refractivity contribution is 0.0473. The van der Waals surface area contributed by atoms with Crippen molar-refractivity contribution in [3.05, 3.63) is 0 Å². The maximum Gasteiger partial charge on any atom is 0.407 e. The van der Waals surface area contributed by atoms with Gasteiger partial charge in [0.2, 0.25) is 0 Å². The van der Waals surface area contributed by atoms with Crippen LogP contribution in [0.25, 0.3) is 0 Å². The van der Waals surface area contributed by atoms with E-state index in [1.54, 1.807) is 0 Å². The summed E-state index contributed by atoms with van der Waals surface area (Å²) in [5.74, 6) is 0.575. The van der Waals surface area contributed by atoms with Crippen molar-refractivity contribution < 1.29 is 9.53 Å². The molecule has 0 aliphatic heterocycles.